The van der Waals surface area contributed by atoms with Gasteiger partial charge in [0.15, 0.2) is 0 Å². The zero-order chi connectivity index (χ0) is 18.3. The Balaban J connectivity index is 1.45. The third-order valence-electron chi connectivity index (χ3n) is 5.23. The molecule has 0 saturated heterocycles. The van der Waals surface area contributed by atoms with Crippen LogP contribution in [0.2, 0.25) is 0 Å². The van der Waals surface area contributed by atoms with Crippen LogP contribution in [-0.4, -0.2) is 37.0 Å². The van der Waals surface area contributed by atoms with E-state index in [0.717, 1.165) is 36.5 Å². The lowest BCUT2D eigenvalue weighted by molar-refractivity contribution is -0.116. The average molecular weight is 374 g/mol. The summed E-state index contributed by atoms with van der Waals surface area (Å²) in [5.41, 5.74) is 1.72. The zero-order valence-electron chi connectivity index (χ0n) is 14.7. The summed E-state index contributed by atoms with van der Waals surface area (Å²) in [5.74, 6) is 1.31. The highest BCUT2D eigenvalue weighted by atomic mass is 32.2. The summed E-state index contributed by atoms with van der Waals surface area (Å²) in [5, 5.41) is 0. The number of imidazole rings is 1. The molecule has 0 saturated carbocycles. The number of benzene rings is 1. The van der Waals surface area contributed by atoms with Gasteiger partial charge in [-0.05, 0) is 42.5 Å². The maximum atomic E-state index is 12.7. The predicted molar refractivity (Wildman–Crippen MR) is 97.4 cm³/mol. The minimum absolute atomic E-state index is 0.0198. The molecular formula is C18H22N4O3S. The topological polar surface area (TPSA) is 84.3 Å². The molecule has 138 valence electrons. The van der Waals surface area contributed by atoms with Crippen LogP contribution in [0.5, 0.6) is 0 Å². The van der Waals surface area contributed by atoms with Gasteiger partial charge in [-0.1, -0.05) is 0 Å². The van der Waals surface area contributed by atoms with E-state index in [1.807, 2.05) is 6.20 Å². The SMILES string of the molecule is CC(=O)N1CCc2cc(S(=O)(=O)NCC3CCc4nccn4C3)ccc21. The van der Waals surface area contributed by atoms with Crippen molar-refractivity contribution < 1.29 is 13.2 Å². The molecule has 7 nitrogen and oxygen atoms in total. The van der Waals surface area contributed by atoms with Gasteiger partial charge in [0.05, 0.1) is 4.90 Å². The summed E-state index contributed by atoms with van der Waals surface area (Å²) in [7, 11) is -3.56. The average Bonchev–Trinajstić information content (AvgIpc) is 3.25. The Morgan fingerprint density at radius 2 is 2.19 bits per heavy atom. The van der Waals surface area contributed by atoms with Crippen LogP contribution < -0.4 is 9.62 Å². The Kier molecular flexibility index (Phi) is 4.32. The van der Waals surface area contributed by atoms with Crippen molar-refractivity contribution in [3.8, 4) is 0 Å². The molecule has 26 heavy (non-hydrogen) atoms. The summed E-state index contributed by atoms with van der Waals surface area (Å²) < 4.78 is 30.2. The van der Waals surface area contributed by atoms with Gasteiger partial charge in [-0.15, -0.1) is 0 Å². The number of hydrogen-bond acceptors (Lipinski definition) is 4. The van der Waals surface area contributed by atoms with E-state index < -0.39 is 10.0 Å². The molecule has 1 aromatic heterocycles. The molecule has 0 fully saturated rings. The summed E-state index contributed by atoms with van der Waals surface area (Å²) >= 11 is 0. The van der Waals surface area contributed by atoms with Gasteiger partial charge in [-0.3, -0.25) is 4.79 Å². The molecule has 0 aliphatic carbocycles. The van der Waals surface area contributed by atoms with Gasteiger partial charge in [-0.2, -0.15) is 0 Å². The normalized spacial score (nSPS) is 19.3. The van der Waals surface area contributed by atoms with Crippen LogP contribution in [0.15, 0.2) is 35.5 Å². The van der Waals surface area contributed by atoms with Crippen molar-refractivity contribution in [2.24, 2.45) is 5.92 Å². The number of anilines is 1. The molecule has 4 rings (SSSR count). The van der Waals surface area contributed by atoms with Crippen LogP contribution in [0.25, 0.3) is 0 Å². The highest BCUT2D eigenvalue weighted by Gasteiger charge is 2.26. The number of nitrogens with zero attached hydrogens (tertiary/aromatic N) is 3. The molecule has 1 N–H and O–H groups in total. The van der Waals surface area contributed by atoms with E-state index in [4.69, 9.17) is 0 Å². The largest absolute Gasteiger partial charge is 0.335 e. The molecule has 8 heteroatoms. The predicted octanol–water partition coefficient (Wildman–Crippen LogP) is 1.33. The van der Waals surface area contributed by atoms with Crippen molar-refractivity contribution in [1.82, 2.24) is 14.3 Å². The number of carbonyl (C=O) groups excluding carboxylic acids is 1. The zero-order valence-corrected chi connectivity index (χ0v) is 15.5. The first kappa shape index (κ1) is 17.2. The minimum Gasteiger partial charge on any atom is -0.335 e. The second-order valence-electron chi connectivity index (χ2n) is 6.96. The fraction of sp³-hybridized carbons (Fsp3) is 0.444. The van der Waals surface area contributed by atoms with E-state index in [-0.39, 0.29) is 16.7 Å². The van der Waals surface area contributed by atoms with E-state index >= 15 is 0 Å². The molecule has 0 spiro atoms. The summed E-state index contributed by atoms with van der Waals surface area (Å²) in [6, 6.07) is 5.00. The quantitative estimate of drug-likeness (QED) is 0.875. The molecule has 1 amide bonds. The number of amides is 1. The van der Waals surface area contributed by atoms with Gasteiger partial charge >= 0.3 is 0 Å². The molecule has 1 atom stereocenters. The summed E-state index contributed by atoms with van der Waals surface area (Å²) in [6.45, 7) is 3.33. The monoisotopic (exact) mass is 374 g/mol. The number of hydrogen-bond donors (Lipinski definition) is 1. The van der Waals surface area contributed by atoms with E-state index in [1.54, 1.807) is 29.3 Å². The molecule has 1 aromatic carbocycles. The maximum absolute atomic E-state index is 12.7. The third-order valence-corrected chi connectivity index (χ3v) is 6.65. The van der Waals surface area contributed by atoms with Gasteiger partial charge in [0.1, 0.15) is 5.82 Å². The van der Waals surface area contributed by atoms with Crippen molar-refractivity contribution in [2.45, 2.75) is 37.6 Å². The highest BCUT2D eigenvalue weighted by molar-refractivity contribution is 7.89. The fourth-order valence-corrected chi connectivity index (χ4v) is 4.95. The Bertz CT molecular complexity index is 951. The minimum atomic E-state index is -3.56. The third kappa shape index (κ3) is 3.14. The summed E-state index contributed by atoms with van der Waals surface area (Å²) in [6.07, 6.45) is 6.22. The lowest BCUT2D eigenvalue weighted by Crippen LogP contribution is -2.33. The van der Waals surface area contributed by atoms with E-state index in [1.165, 1.54) is 6.92 Å². The number of carbonyl (C=O) groups is 1. The molecule has 0 bridgehead atoms. The number of rotatable bonds is 4. The van der Waals surface area contributed by atoms with Gasteiger partial charge in [0.2, 0.25) is 15.9 Å². The smallest absolute Gasteiger partial charge is 0.240 e. The van der Waals surface area contributed by atoms with Crippen LogP contribution in [0.4, 0.5) is 5.69 Å². The van der Waals surface area contributed by atoms with Gasteiger partial charge < -0.3 is 9.47 Å². The summed E-state index contributed by atoms with van der Waals surface area (Å²) in [4.78, 5) is 17.9. The Labute approximate surface area is 153 Å². The van der Waals surface area contributed by atoms with Crippen LogP contribution in [0, 0.1) is 5.92 Å². The number of fused-ring (bicyclic) bond motifs is 2. The molecule has 2 aromatic rings. The molecule has 0 radical (unpaired) electrons. The first-order valence-electron chi connectivity index (χ1n) is 8.85. The molecule has 1 unspecified atom stereocenters. The first-order valence-corrected chi connectivity index (χ1v) is 10.3. The second kappa shape index (κ2) is 6.51. The number of aromatic nitrogens is 2. The maximum Gasteiger partial charge on any atom is 0.240 e. The Morgan fingerprint density at radius 3 is 3.00 bits per heavy atom. The lowest BCUT2D eigenvalue weighted by atomic mass is 10.00. The molecule has 2 aliphatic rings. The number of nitrogens with one attached hydrogen (secondary N) is 1. The lowest BCUT2D eigenvalue weighted by Gasteiger charge is -2.24. The van der Waals surface area contributed by atoms with E-state index in [2.05, 4.69) is 14.3 Å². The molecular weight excluding hydrogens is 352 g/mol. The molecule has 2 aliphatic heterocycles. The van der Waals surface area contributed by atoms with Crippen molar-refractivity contribution in [1.29, 1.82) is 0 Å². The van der Waals surface area contributed by atoms with Crippen LogP contribution >= 0.6 is 0 Å². The van der Waals surface area contributed by atoms with Crippen LogP contribution in [-0.2, 0) is 34.2 Å². The Hall–Kier alpha value is -2.19. The van der Waals surface area contributed by atoms with Crippen LogP contribution in [0.1, 0.15) is 24.7 Å². The van der Waals surface area contributed by atoms with Gasteiger partial charge in [0, 0.05) is 51.1 Å². The standard InChI is InChI=1S/C18H22N4O3S/c1-13(23)22-8-6-15-10-16(3-4-17(15)22)26(24,25)20-11-14-2-5-18-19-7-9-21(18)12-14/h3-4,7,9-10,14,20H,2,5-6,8,11-12H2,1H3. The fourth-order valence-electron chi connectivity index (χ4n) is 3.79. The van der Waals surface area contributed by atoms with Gasteiger partial charge in [-0.25, -0.2) is 18.1 Å². The number of sulfonamides is 1. The second-order valence-corrected chi connectivity index (χ2v) is 8.73. The van der Waals surface area contributed by atoms with E-state index in [9.17, 15) is 13.2 Å². The van der Waals surface area contributed by atoms with E-state index in [0.29, 0.717) is 19.5 Å². The highest BCUT2D eigenvalue weighted by Crippen LogP contribution is 2.30. The number of aryl methyl sites for hydroxylation is 1. The molecule has 3 heterocycles. The van der Waals surface area contributed by atoms with Crippen molar-refractivity contribution in [3.05, 3.63) is 42.0 Å². The first-order chi connectivity index (χ1) is 12.4. The Morgan fingerprint density at radius 1 is 1.35 bits per heavy atom. The van der Waals surface area contributed by atoms with Crippen LogP contribution in [0.3, 0.4) is 0 Å². The van der Waals surface area contributed by atoms with Crippen molar-refractivity contribution >= 4 is 21.6 Å². The van der Waals surface area contributed by atoms with Gasteiger partial charge in [0.25, 0.3) is 0 Å². The van der Waals surface area contributed by atoms with Crippen molar-refractivity contribution in [3.63, 3.8) is 0 Å². The van der Waals surface area contributed by atoms with Crippen molar-refractivity contribution in [2.75, 3.05) is 18.0 Å².